The van der Waals surface area contributed by atoms with Crippen LogP contribution in [-0.4, -0.2) is 53.0 Å². The molecule has 2 heterocycles. The van der Waals surface area contributed by atoms with Crippen LogP contribution in [0.15, 0.2) is 22.8 Å². The second-order valence-corrected chi connectivity index (χ2v) is 4.80. The lowest BCUT2D eigenvalue weighted by atomic mass is 10.2. The van der Waals surface area contributed by atoms with Crippen LogP contribution in [0.4, 0.5) is 0 Å². The van der Waals surface area contributed by atoms with Crippen molar-refractivity contribution in [1.29, 1.82) is 0 Å². The summed E-state index contributed by atoms with van der Waals surface area (Å²) in [5.41, 5.74) is 0. The van der Waals surface area contributed by atoms with Gasteiger partial charge in [-0.05, 0) is 31.5 Å². The van der Waals surface area contributed by atoms with Gasteiger partial charge < -0.3 is 14.4 Å². The minimum absolute atomic E-state index is 0.0930. The minimum atomic E-state index is -0.848. The van der Waals surface area contributed by atoms with Gasteiger partial charge in [-0.1, -0.05) is 0 Å². The summed E-state index contributed by atoms with van der Waals surface area (Å²) in [5.74, 6) is -0.226. The average molecular weight is 266 g/mol. The van der Waals surface area contributed by atoms with Crippen LogP contribution in [0.5, 0.6) is 0 Å². The Morgan fingerprint density at radius 1 is 1.58 bits per heavy atom. The molecule has 1 aliphatic heterocycles. The summed E-state index contributed by atoms with van der Waals surface area (Å²) in [4.78, 5) is 26.4. The summed E-state index contributed by atoms with van der Waals surface area (Å²) in [7, 11) is 1.69. The van der Waals surface area contributed by atoms with Crippen LogP contribution in [0.2, 0.25) is 0 Å². The van der Waals surface area contributed by atoms with Gasteiger partial charge in [-0.2, -0.15) is 0 Å². The molecule has 6 heteroatoms. The van der Waals surface area contributed by atoms with Crippen LogP contribution in [0.3, 0.4) is 0 Å². The van der Waals surface area contributed by atoms with Gasteiger partial charge in [-0.25, -0.2) is 0 Å². The van der Waals surface area contributed by atoms with Crippen LogP contribution in [0.1, 0.15) is 18.6 Å². The molecule has 1 aliphatic rings. The van der Waals surface area contributed by atoms with Crippen LogP contribution >= 0.6 is 0 Å². The summed E-state index contributed by atoms with van der Waals surface area (Å²) < 4.78 is 5.18. The Bertz CT molecular complexity index is 444. The Hall–Kier alpha value is -1.82. The Morgan fingerprint density at radius 2 is 2.37 bits per heavy atom. The molecule has 0 spiro atoms. The Kier molecular flexibility index (Phi) is 4.21. The smallest absolute Gasteiger partial charge is 0.320 e. The maximum Gasteiger partial charge on any atom is 0.320 e. The Morgan fingerprint density at radius 3 is 3.00 bits per heavy atom. The van der Waals surface area contributed by atoms with Gasteiger partial charge >= 0.3 is 5.97 Å². The lowest BCUT2D eigenvalue weighted by Gasteiger charge is -2.23. The number of furan rings is 1. The number of carbonyl (C=O) groups excluding carboxylic acids is 1. The van der Waals surface area contributed by atoms with Crippen LogP contribution in [0.25, 0.3) is 0 Å². The zero-order valence-electron chi connectivity index (χ0n) is 10.9. The Balaban J connectivity index is 1.88. The van der Waals surface area contributed by atoms with Crippen molar-refractivity contribution in [3.8, 4) is 0 Å². The molecule has 0 aromatic carbocycles. The molecule has 1 aromatic heterocycles. The van der Waals surface area contributed by atoms with Gasteiger partial charge in [-0.3, -0.25) is 14.5 Å². The van der Waals surface area contributed by atoms with Crippen LogP contribution in [0, 0.1) is 0 Å². The highest BCUT2D eigenvalue weighted by molar-refractivity contribution is 5.80. The number of rotatable bonds is 5. The Labute approximate surface area is 111 Å². The highest BCUT2D eigenvalue weighted by Gasteiger charge is 2.32. The second kappa shape index (κ2) is 5.88. The zero-order valence-corrected chi connectivity index (χ0v) is 10.9. The van der Waals surface area contributed by atoms with E-state index in [1.165, 1.54) is 0 Å². The summed E-state index contributed by atoms with van der Waals surface area (Å²) >= 11 is 0. The highest BCUT2D eigenvalue weighted by Crippen LogP contribution is 2.17. The fraction of sp³-hybridized carbons (Fsp3) is 0.538. The van der Waals surface area contributed by atoms with E-state index in [0.29, 0.717) is 25.3 Å². The van der Waals surface area contributed by atoms with Crippen molar-refractivity contribution in [3.05, 3.63) is 24.2 Å². The molecule has 1 saturated heterocycles. The fourth-order valence-electron chi connectivity index (χ4n) is 2.31. The van der Waals surface area contributed by atoms with E-state index in [0.717, 1.165) is 6.42 Å². The minimum Gasteiger partial charge on any atom is -0.480 e. The van der Waals surface area contributed by atoms with Gasteiger partial charge in [0.2, 0.25) is 5.91 Å². The standard InChI is InChI=1S/C13H18N2O4/c1-14(8-10-4-3-7-19-10)12(16)9-15-6-2-5-11(15)13(17)18/h3-4,7,11H,2,5-6,8-9H2,1H3,(H,17,18). The van der Waals surface area contributed by atoms with E-state index in [-0.39, 0.29) is 12.5 Å². The number of amides is 1. The number of nitrogens with zero attached hydrogens (tertiary/aromatic N) is 2. The highest BCUT2D eigenvalue weighted by atomic mass is 16.4. The number of carboxylic acid groups (broad SMARTS) is 1. The van der Waals surface area contributed by atoms with Crippen molar-refractivity contribution in [2.75, 3.05) is 20.1 Å². The van der Waals surface area contributed by atoms with Crippen molar-refractivity contribution in [3.63, 3.8) is 0 Å². The van der Waals surface area contributed by atoms with Crippen molar-refractivity contribution in [2.45, 2.75) is 25.4 Å². The number of likely N-dealkylation sites (N-methyl/N-ethyl adjacent to an activating group) is 1. The van der Waals surface area contributed by atoms with Gasteiger partial charge in [0, 0.05) is 7.05 Å². The van der Waals surface area contributed by atoms with Crippen molar-refractivity contribution in [2.24, 2.45) is 0 Å². The first kappa shape index (κ1) is 13.6. The third-order valence-electron chi connectivity index (χ3n) is 3.39. The molecule has 19 heavy (non-hydrogen) atoms. The molecule has 1 amide bonds. The maximum atomic E-state index is 12.0. The van der Waals surface area contributed by atoms with Gasteiger partial charge in [-0.15, -0.1) is 0 Å². The molecular formula is C13H18N2O4. The largest absolute Gasteiger partial charge is 0.480 e. The van der Waals surface area contributed by atoms with E-state index >= 15 is 0 Å². The first-order chi connectivity index (χ1) is 9.08. The number of hydrogen-bond donors (Lipinski definition) is 1. The van der Waals surface area contributed by atoms with E-state index in [9.17, 15) is 9.59 Å². The lowest BCUT2D eigenvalue weighted by molar-refractivity contribution is -0.143. The predicted molar refractivity (Wildman–Crippen MR) is 67.4 cm³/mol. The summed E-state index contributed by atoms with van der Waals surface area (Å²) in [5, 5.41) is 9.06. The van der Waals surface area contributed by atoms with E-state index in [1.54, 1.807) is 35.2 Å². The van der Waals surface area contributed by atoms with Crippen molar-refractivity contribution < 1.29 is 19.1 Å². The number of aliphatic carboxylic acids is 1. The third kappa shape index (κ3) is 3.35. The number of likely N-dealkylation sites (tertiary alicyclic amines) is 1. The molecule has 104 valence electrons. The van der Waals surface area contributed by atoms with E-state index in [2.05, 4.69) is 0 Å². The molecule has 0 bridgehead atoms. The molecule has 0 saturated carbocycles. The number of hydrogen-bond acceptors (Lipinski definition) is 4. The molecule has 2 rings (SSSR count). The topological polar surface area (TPSA) is 74.0 Å². The zero-order chi connectivity index (χ0) is 13.8. The lowest BCUT2D eigenvalue weighted by Crippen LogP contribution is -2.43. The average Bonchev–Trinajstić information content (AvgIpc) is 2.99. The van der Waals surface area contributed by atoms with Crippen molar-refractivity contribution >= 4 is 11.9 Å². The number of carboxylic acids is 1. The number of carbonyl (C=O) groups is 2. The van der Waals surface area contributed by atoms with Crippen molar-refractivity contribution in [1.82, 2.24) is 9.80 Å². The third-order valence-corrected chi connectivity index (χ3v) is 3.39. The predicted octanol–water partition coefficient (Wildman–Crippen LogP) is 0.787. The summed E-state index contributed by atoms with van der Waals surface area (Å²) in [6.45, 7) is 1.21. The molecule has 1 fully saturated rings. The molecular weight excluding hydrogens is 248 g/mol. The second-order valence-electron chi connectivity index (χ2n) is 4.80. The van der Waals surface area contributed by atoms with Gasteiger partial charge in [0.05, 0.1) is 19.4 Å². The van der Waals surface area contributed by atoms with Crippen LogP contribution in [-0.2, 0) is 16.1 Å². The normalized spacial score (nSPS) is 19.5. The molecule has 0 aliphatic carbocycles. The monoisotopic (exact) mass is 266 g/mol. The fourth-order valence-corrected chi connectivity index (χ4v) is 2.31. The van der Waals surface area contributed by atoms with Gasteiger partial charge in [0.1, 0.15) is 11.8 Å². The summed E-state index contributed by atoms with van der Waals surface area (Å²) in [6, 6.07) is 3.05. The summed E-state index contributed by atoms with van der Waals surface area (Å²) in [6.07, 6.45) is 3.01. The van der Waals surface area contributed by atoms with Crippen LogP contribution < -0.4 is 0 Å². The molecule has 1 aromatic rings. The maximum absolute atomic E-state index is 12.0. The van der Waals surface area contributed by atoms with E-state index in [4.69, 9.17) is 9.52 Å². The molecule has 0 radical (unpaired) electrons. The van der Waals surface area contributed by atoms with Gasteiger partial charge in [0.15, 0.2) is 0 Å². The van der Waals surface area contributed by atoms with E-state index < -0.39 is 12.0 Å². The molecule has 1 atom stereocenters. The quantitative estimate of drug-likeness (QED) is 0.852. The first-order valence-corrected chi connectivity index (χ1v) is 6.31. The first-order valence-electron chi connectivity index (χ1n) is 6.31. The SMILES string of the molecule is CN(Cc1ccco1)C(=O)CN1CCCC1C(=O)O. The van der Waals surface area contributed by atoms with E-state index in [1.807, 2.05) is 0 Å². The van der Waals surface area contributed by atoms with Gasteiger partial charge in [0.25, 0.3) is 0 Å². The molecule has 6 nitrogen and oxygen atoms in total. The molecule has 1 N–H and O–H groups in total. The molecule has 1 unspecified atom stereocenters.